The minimum atomic E-state index is -0.0624. The first-order valence-corrected chi connectivity index (χ1v) is 53.4. The molecule has 142 heavy (non-hydrogen) atoms. The Labute approximate surface area is 859 Å². The first-order valence-electron chi connectivity index (χ1n) is 51.8. The number of nitrogens with zero attached hydrogens (tertiary/aromatic N) is 6. The molecule has 0 saturated carbocycles. The fourth-order valence-electron chi connectivity index (χ4n) is 21.3. The smallest absolute Gasteiger partial charge is 0.252 e. The minimum absolute atomic E-state index is 0.0179. The zero-order chi connectivity index (χ0) is 102. The average molecular weight is 1900 g/mol. The number of benzene rings is 14. The summed E-state index contributed by atoms with van der Waals surface area (Å²) in [6.45, 7) is 81.4. The van der Waals surface area contributed by atoms with Gasteiger partial charge >= 0.3 is 0 Å². The van der Waals surface area contributed by atoms with E-state index in [4.69, 9.17) is 9.97 Å². The first kappa shape index (κ1) is 98.9. The summed E-state index contributed by atoms with van der Waals surface area (Å²) in [6, 6.07) is 102. The summed E-state index contributed by atoms with van der Waals surface area (Å²) < 4.78 is 2.38. The van der Waals surface area contributed by atoms with Gasteiger partial charge in [-0.15, -0.1) is 22.7 Å². The SMILES string of the molecule is Cc1cc2c3c(c1)N(c1cc(C(C)(C)C)cc(C(C)(C)C)c1)c1cc4sc(-c5ccc(-c6ccc(C(C)(C)C)cc6)cc5)nc4cc1B3c1cc(C(C)(C)C)ccc1N2c1cc(C(C)(C)C)cc(C(C)(C)C)c1.Cc1cc2c3c(c1)N(c1cc(C(C)(C)C)cc(C(C)(C)C)c1)c1cc4sc(-c5ccc(-c6ccc(C(C)(C)C)cc6)cc5)nc4cc1B3c1cc(C(C)(C)C)ccc1N2c1ccc(C(C)(C)C)cc1. The molecule has 0 saturated heterocycles. The van der Waals surface area contributed by atoms with Gasteiger partial charge in [0, 0.05) is 79.4 Å². The maximum absolute atomic E-state index is 5.53. The summed E-state index contributed by atoms with van der Waals surface area (Å²) in [4.78, 5) is 21.4. The van der Waals surface area contributed by atoms with Crippen molar-refractivity contribution in [1.29, 1.82) is 0 Å². The molecule has 2 aromatic heterocycles. The normalized spacial score (nSPS) is 14.1. The van der Waals surface area contributed by atoms with E-state index < -0.39 is 0 Å². The molecular formula is C132H148B2N6S2. The third-order valence-corrected chi connectivity index (χ3v) is 32.5. The van der Waals surface area contributed by atoms with E-state index in [9.17, 15) is 0 Å². The van der Waals surface area contributed by atoms with Gasteiger partial charge in [-0.05, 0) is 310 Å². The van der Waals surface area contributed by atoms with Crippen molar-refractivity contribution in [2.75, 3.05) is 19.6 Å². The van der Waals surface area contributed by atoms with Gasteiger partial charge in [-0.25, -0.2) is 9.97 Å². The fraction of sp³-hybridized carbons (Fsp3) is 0.348. The molecule has 4 aliphatic heterocycles. The Kier molecular flexibility index (Phi) is 24.0. The number of anilines is 12. The van der Waals surface area contributed by atoms with Crippen LogP contribution < -0.4 is 52.4 Å². The van der Waals surface area contributed by atoms with Gasteiger partial charge in [-0.2, -0.15) is 0 Å². The Morgan fingerprint density at radius 2 is 0.408 bits per heavy atom. The Bertz CT molecular complexity index is 7560. The van der Waals surface area contributed by atoms with Gasteiger partial charge in [0.1, 0.15) is 10.0 Å². The van der Waals surface area contributed by atoms with Crippen LogP contribution in [-0.4, -0.2) is 23.4 Å². The van der Waals surface area contributed by atoms with Crippen LogP contribution in [0.3, 0.4) is 0 Å². The second kappa shape index (κ2) is 34.5. The lowest BCUT2D eigenvalue weighted by molar-refractivity contribution is 0.568. The van der Waals surface area contributed by atoms with Crippen molar-refractivity contribution in [1.82, 2.24) is 9.97 Å². The van der Waals surface area contributed by atoms with Crippen molar-refractivity contribution in [2.24, 2.45) is 0 Å². The number of rotatable bonds is 8. The predicted molar refractivity (Wildman–Crippen MR) is 624 cm³/mol. The Morgan fingerprint density at radius 3 is 0.669 bits per heavy atom. The summed E-state index contributed by atoms with van der Waals surface area (Å²) in [5, 5.41) is 2.08. The fourth-order valence-corrected chi connectivity index (χ4v) is 23.2. The lowest BCUT2D eigenvalue weighted by Crippen LogP contribution is -2.61. The molecule has 724 valence electrons. The van der Waals surface area contributed by atoms with Crippen molar-refractivity contribution >= 4 is 158 Å². The topological polar surface area (TPSA) is 38.7 Å². The number of hydrogen-bond donors (Lipinski definition) is 0. The standard InChI is InChI=1S/C68H78BN3S.C64H70BN3S/c1-41-30-58-61-59(31-41)72(52-36-49(67(14,15)16)33-50(37-52)68(17,18)19)57-40-60-55(70-62(73-60)44-22-20-42(21-23-44)43-24-26-45(27-25-43)63(2,3)4)39-54(57)69(61)53-38-46(64(5,6)7)28-29-56(53)71(58)51-34-47(65(8,9)10)32-48(35-51)66(11,12)13;1-39-31-55-58-56(32-39)68(49-34-46(63(11,12)13)33-47(35-49)64(14,15)16)54-38-57-52(66-59(69-57)42-19-17-40(18-20-42)41-21-23-43(24-22-41)60(2,3)4)37-51(54)65(58)50-36-45(62(8,9)10)27-30-53(50)67(55)48-28-25-44(26-29-48)61(5,6)7/h20-40H,1-19H3;17-38H,1-16H3. The summed E-state index contributed by atoms with van der Waals surface area (Å²) in [5.41, 5.74) is 49.0. The van der Waals surface area contributed by atoms with Gasteiger partial charge in [-0.1, -0.05) is 380 Å². The molecule has 4 aliphatic rings. The highest BCUT2D eigenvalue weighted by Gasteiger charge is 2.48. The van der Waals surface area contributed by atoms with Crippen LogP contribution in [0.1, 0.15) is 301 Å². The van der Waals surface area contributed by atoms with E-state index in [0.717, 1.165) is 32.2 Å². The van der Waals surface area contributed by atoms with E-state index in [1.807, 2.05) is 0 Å². The maximum atomic E-state index is 5.53. The highest BCUT2D eigenvalue weighted by Crippen LogP contribution is 2.54. The van der Waals surface area contributed by atoms with E-state index in [1.165, 1.54) is 205 Å². The molecule has 0 unspecified atom stereocenters. The Hall–Kier alpha value is -11.8. The molecule has 20 rings (SSSR count). The molecule has 6 heterocycles. The molecule has 0 fully saturated rings. The summed E-state index contributed by atoms with van der Waals surface area (Å²) in [7, 11) is 0. The highest BCUT2D eigenvalue weighted by molar-refractivity contribution is 7.22. The van der Waals surface area contributed by atoms with Crippen molar-refractivity contribution in [2.45, 2.75) is 302 Å². The van der Waals surface area contributed by atoms with Crippen LogP contribution in [0, 0.1) is 13.8 Å². The van der Waals surface area contributed by atoms with Crippen LogP contribution in [0.25, 0.3) is 63.8 Å². The van der Waals surface area contributed by atoms with Crippen LogP contribution in [0.4, 0.5) is 68.2 Å². The number of thiazole rings is 2. The molecule has 0 spiro atoms. The van der Waals surface area contributed by atoms with E-state index >= 15 is 0 Å². The number of fused-ring (bicyclic) bond motifs is 10. The highest BCUT2D eigenvalue weighted by atomic mass is 32.1. The molecule has 0 radical (unpaired) electrons. The second-order valence-corrected chi connectivity index (χ2v) is 55.0. The average Bonchev–Trinajstić information content (AvgIpc) is 0.994. The van der Waals surface area contributed by atoms with Crippen LogP contribution in [0.15, 0.2) is 261 Å². The molecule has 0 amide bonds. The largest absolute Gasteiger partial charge is 0.311 e. The molecule has 10 heteroatoms. The molecule has 0 N–H and O–H groups in total. The van der Waals surface area contributed by atoms with E-state index in [2.05, 4.69) is 523 Å². The van der Waals surface area contributed by atoms with E-state index in [0.29, 0.717) is 0 Å². The van der Waals surface area contributed by atoms with Gasteiger partial charge in [0.15, 0.2) is 0 Å². The lowest BCUT2D eigenvalue weighted by Gasteiger charge is -2.45. The molecule has 6 nitrogen and oxygen atoms in total. The third-order valence-electron chi connectivity index (χ3n) is 30.3. The third kappa shape index (κ3) is 18.6. The maximum Gasteiger partial charge on any atom is 0.252 e. The summed E-state index contributed by atoms with van der Waals surface area (Å²) in [6.07, 6.45) is 0. The Balaban J connectivity index is 0.000000181. The van der Waals surface area contributed by atoms with Crippen molar-refractivity contribution in [3.63, 3.8) is 0 Å². The van der Waals surface area contributed by atoms with Gasteiger partial charge in [0.2, 0.25) is 0 Å². The molecule has 0 bridgehead atoms. The van der Waals surface area contributed by atoms with Gasteiger partial charge in [0.25, 0.3) is 13.4 Å². The van der Waals surface area contributed by atoms with E-state index in [1.54, 1.807) is 22.7 Å². The quantitative estimate of drug-likeness (QED) is 0.141. The minimum Gasteiger partial charge on any atom is -0.311 e. The van der Waals surface area contributed by atoms with Crippen LogP contribution >= 0.6 is 22.7 Å². The lowest BCUT2D eigenvalue weighted by atomic mass is 9.33. The van der Waals surface area contributed by atoms with Gasteiger partial charge in [0.05, 0.1) is 20.4 Å². The molecular weight excluding hydrogens is 1760 g/mol. The zero-order valence-corrected chi connectivity index (χ0v) is 93.1. The molecule has 16 aromatic rings. The van der Waals surface area contributed by atoms with Crippen molar-refractivity contribution in [3.8, 4) is 43.4 Å². The van der Waals surface area contributed by atoms with Crippen LogP contribution in [-0.2, 0) is 59.6 Å². The molecule has 14 aromatic carbocycles. The summed E-state index contributed by atoms with van der Waals surface area (Å²) >= 11 is 3.60. The van der Waals surface area contributed by atoms with Gasteiger partial charge < -0.3 is 19.6 Å². The second-order valence-electron chi connectivity index (χ2n) is 52.9. The number of hydrogen-bond acceptors (Lipinski definition) is 8. The first-order chi connectivity index (χ1) is 66.1. The number of aryl methyl sites for hydroxylation is 2. The van der Waals surface area contributed by atoms with E-state index in [-0.39, 0.29) is 73.0 Å². The Morgan fingerprint density at radius 1 is 0.190 bits per heavy atom. The zero-order valence-electron chi connectivity index (χ0n) is 91.5. The monoisotopic (exact) mass is 1900 g/mol. The molecule has 0 aliphatic carbocycles. The predicted octanol–water partition coefficient (Wildman–Crippen LogP) is 34.3. The van der Waals surface area contributed by atoms with Crippen LogP contribution in [0.5, 0.6) is 0 Å². The van der Waals surface area contributed by atoms with Crippen molar-refractivity contribution < 1.29 is 0 Å². The van der Waals surface area contributed by atoms with Gasteiger partial charge in [-0.3, -0.25) is 0 Å². The number of aromatic nitrogens is 2. The summed E-state index contributed by atoms with van der Waals surface area (Å²) in [5.74, 6) is 0. The van der Waals surface area contributed by atoms with Crippen molar-refractivity contribution in [3.05, 3.63) is 333 Å². The molecule has 0 atom stereocenters. The van der Waals surface area contributed by atoms with Crippen LogP contribution in [0.2, 0.25) is 0 Å².